The van der Waals surface area contributed by atoms with E-state index in [1.165, 1.54) is 38.2 Å². The number of rotatable bonds is 4. The molecule has 3 N–H and O–H groups in total. The lowest BCUT2D eigenvalue weighted by Crippen LogP contribution is -2.47. The number of nitrogens with zero attached hydrogens (tertiary/aromatic N) is 2. The van der Waals surface area contributed by atoms with E-state index in [0.29, 0.717) is 0 Å². The second-order valence-corrected chi connectivity index (χ2v) is 5.40. The Morgan fingerprint density at radius 3 is 2.42 bits per heavy atom. The van der Waals surface area contributed by atoms with Gasteiger partial charge in [0, 0.05) is 32.7 Å². The van der Waals surface area contributed by atoms with Crippen LogP contribution in [0, 0.1) is 5.92 Å². The molecule has 3 rings (SSSR count). The summed E-state index contributed by atoms with van der Waals surface area (Å²) in [6.45, 7) is 5.93. The van der Waals surface area contributed by atoms with Crippen molar-refractivity contribution in [2.75, 3.05) is 44.7 Å². The molecule has 0 spiro atoms. The number of benzene rings is 1. The first-order chi connectivity index (χ1) is 8.86. The van der Waals surface area contributed by atoms with Crippen LogP contribution in [0.25, 0.3) is 0 Å². The summed E-state index contributed by atoms with van der Waals surface area (Å²) in [4.78, 5) is 5.06. The maximum absolute atomic E-state index is 5.44. The third kappa shape index (κ3) is 3.39. The average molecular weight is 263 g/mol. The number of hydrogen-bond donors (Lipinski definition) is 1. The van der Waals surface area contributed by atoms with Gasteiger partial charge in [0.1, 0.15) is 5.75 Å². The van der Waals surface area contributed by atoms with E-state index in [2.05, 4.69) is 21.9 Å². The van der Waals surface area contributed by atoms with Gasteiger partial charge in [-0.05, 0) is 30.9 Å². The van der Waals surface area contributed by atoms with Gasteiger partial charge in [-0.3, -0.25) is 4.90 Å². The third-order valence-corrected chi connectivity index (χ3v) is 4.01. The summed E-state index contributed by atoms with van der Waals surface area (Å²) >= 11 is 0. The second kappa shape index (κ2) is 6.26. The van der Waals surface area contributed by atoms with Crippen molar-refractivity contribution in [2.45, 2.75) is 12.8 Å². The molecular weight excluding hydrogens is 238 g/mol. The van der Waals surface area contributed by atoms with Gasteiger partial charge in [0.15, 0.2) is 0 Å². The van der Waals surface area contributed by atoms with Crippen molar-refractivity contribution in [1.29, 1.82) is 0 Å². The molecule has 0 atom stereocenters. The maximum Gasteiger partial charge on any atom is 0.142 e. The van der Waals surface area contributed by atoms with Gasteiger partial charge in [-0.2, -0.15) is 0 Å². The molecule has 1 aliphatic heterocycles. The van der Waals surface area contributed by atoms with Crippen LogP contribution in [0.3, 0.4) is 0 Å². The number of ether oxygens (including phenoxy) is 1. The molecular formula is C15H25N3O. The van der Waals surface area contributed by atoms with Gasteiger partial charge in [0.2, 0.25) is 0 Å². The van der Waals surface area contributed by atoms with Crippen molar-refractivity contribution in [3.8, 4) is 5.75 Å². The molecule has 2 aliphatic rings. The topological polar surface area (TPSA) is 50.7 Å². The van der Waals surface area contributed by atoms with Crippen LogP contribution in [-0.2, 0) is 0 Å². The van der Waals surface area contributed by atoms with Gasteiger partial charge in [-0.15, -0.1) is 0 Å². The van der Waals surface area contributed by atoms with Gasteiger partial charge in [0.25, 0.3) is 0 Å². The molecule has 1 saturated heterocycles. The number of hydrogen-bond acceptors (Lipinski definition) is 4. The fourth-order valence-corrected chi connectivity index (χ4v) is 2.73. The zero-order valence-electron chi connectivity index (χ0n) is 11.8. The van der Waals surface area contributed by atoms with E-state index in [0.717, 1.165) is 24.8 Å². The van der Waals surface area contributed by atoms with Crippen LogP contribution in [0.15, 0.2) is 24.3 Å². The molecule has 2 fully saturated rings. The van der Waals surface area contributed by atoms with Gasteiger partial charge >= 0.3 is 0 Å². The molecule has 0 radical (unpaired) electrons. The second-order valence-electron chi connectivity index (χ2n) is 5.40. The van der Waals surface area contributed by atoms with Crippen molar-refractivity contribution in [1.82, 2.24) is 11.1 Å². The summed E-state index contributed by atoms with van der Waals surface area (Å²) in [6.07, 6.45) is 2.90. The fraction of sp³-hybridized carbons (Fsp3) is 0.600. The number of para-hydroxylation sites is 2. The highest BCUT2D eigenvalue weighted by Crippen LogP contribution is 2.31. The molecule has 1 heterocycles. The molecule has 1 aromatic rings. The van der Waals surface area contributed by atoms with Crippen LogP contribution in [0.4, 0.5) is 5.69 Å². The molecule has 1 aromatic carbocycles. The Morgan fingerprint density at radius 1 is 1.11 bits per heavy atom. The zero-order chi connectivity index (χ0) is 12.4. The summed E-state index contributed by atoms with van der Waals surface area (Å²) in [5.41, 5.74) is 1.24. The van der Waals surface area contributed by atoms with E-state index >= 15 is 0 Å². The SMILES string of the molecule is COc1ccccc1N1CCN(CC2CC2)CC1.N. The molecule has 4 nitrogen and oxygen atoms in total. The predicted molar refractivity (Wildman–Crippen MR) is 79.4 cm³/mol. The van der Waals surface area contributed by atoms with Gasteiger partial charge in [-0.1, -0.05) is 12.1 Å². The normalized spacial score (nSPS) is 19.9. The minimum atomic E-state index is 0. The minimum Gasteiger partial charge on any atom is -0.495 e. The van der Waals surface area contributed by atoms with E-state index < -0.39 is 0 Å². The lowest BCUT2D eigenvalue weighted by molar-refractivity contribution is 0.247. The summed E-state index contributed by atoms with van der Waals surface area (Å²) in [5, 5.41) is 0. The van der Waals surface area contributed by atoms with E-state index in [4.69, 9.17) is 4.74 Å². The van der Waals surface area contributed by atoms with Crippen molar-refractivity contribution < 1.29 is 4.74 Å². The molecule has 0 amide bonds. The summed E-state index contributed by atoms with van der Waals surface area (Å²) in [7, 11) is 1.75. The highest BCUT2D eigenvalue weighted by Gasteiger charge is 2.26. The number of anilines is 1. The van der Waals surface area contributed by atoms with E-state index in [1.54, 1.807) is 7.11 Å². The minimum absolute atomic E-state index is 0. The number of methoxy groups -OCH3 is 1. The smallest absolute Gasteiger partial charge is 0.142 e. The Balaban J connectivity index is 0.00000133. The van der Waals surface area contributed by atoms with Crippen molar-refractivity contribution in [3.05, 3.63) is 24.3 Å². The van der Waals surface area contributed by atoms with Crippen LogP contribution in [0.5, 0.6) is 5.75 Å². The first kappa shape index (κ1) is 14.2. The van der Waals surface area contributed by atoms with Crippen LogP contribution < -0.4 is 15.8 Å². The van der Waals surface area contributed by atoms with E-state index in [9.17, 15) is 0 Å². The molecule has 4 heteroatoms. The Morgan fingerprint density at radius 2 is 1.79 bits per heavy atom. The summed E-state index contributed by atoms with van der Waals surface area (Å²) in [6, 6.07) is 8.33. The quantitative estimate of drug-likeness (QED) is 0.906. The molecule has 0 unspecified atom stereocenters. The van der Waals surface area contributed by atoms with Crippen LogP contribution in [-0.4, -0.2) is 44.7 Å². The molecule has 1 saturated carbocycles. The monoisotopic (exact) mass is 263 g/mol. The first-order valence-electron chi connectivity index (χ1n) is 6.97. The molecule has 19 heavy (non-hydrogen) atoms. The number of piperazine rings is 1. The van der Waals surface area contributed by atoms with Crippen molar-refractivity contribution in [3.63, 3.8) is 0 Å². The van der Waals surface area contributed by atoms with Crippen molar-refractivity contribution >= 4 is 5.69 Å². The first-order valence-corrected chi connectivity index (χ1v) is 6.97. The average Bonchev–Trinajstić information content (AvgIpc) is 3.24. The molecule has 1 aliphatic carbocycles. The van der Waals surface area contributed by atoms with Gasteiger partial charge in [-0.25, -0.2) is 0 Å². The Hall–Kier alpha value is -1.26. The largest absolute Gasteiger partial charge is 0.495 e. The summed E-state index contributed by atoms with van der Waals surface area (Å²) in [5.74, 6) is 2.00. The molecule has 0 aromatic heterocycles. The third-order valence-electron chi connectivity index (χ3n) is 4.01. The molecule has 106 valence electrons. The van der Waals surface area contributed by atoms with Gasteiger partial charge in [0.05, 0.1) is 12.8 Å². The van der Waals surface area contributed by atoms with E-state index in [-0.39, 0.29) is 6.15 Å². The van der Waals surface area contributed by atoms with E-state index in [1.807, 2.05) is 12.1 Å². The Labute approximate surface area is 115 Å². The fourth-order valence-electron chi connectivity index (χ4n) is 2.73. The zero-order valence-corrected chi connectivity index (χ0v) is 11.8. The Kier molecular flexibility index (Phi) is 4.66. The predicted octanol–water partition coefficient (Wildman–Crippen LogP) is 2.39. The molecule has 0 bridgehead atoms. The highest BCUT2D eigenvalue weighted by molar-refractivity contribution is 5.58. The highest BCUT2D eigenvalue weighted by atomic mass is 16.5. The lowest BCUT2D eigenvalue weighted by Gasteiger charge is -2.36. The van der Waals surface area contributed by atoms with Crippen LogP contribution in [0.2, 0.25) is 0 Å². The van der Waals surface area contributed by atoms with Crippen LogP contribution >= 0.6 is 0 Å². The maximum atomic E-state index is 5.44. The standard InChI is InChI=1S/C15H22N2O.H3N/c1-18-15-5-3-2-4-14(15)17-10-8-16(9-11-17)12-13-6-7-13;/h2-5,13H,6-12H2,1H3;1H3. The Bertz CT molecular complexity index is 398. The van der Waals surface area contributed by atoms with Crippen molar-refractivity contribution in [2.24, 2.45) is 5.92 Å². The summed E-state index contributed by atoms with van der Waals surface area (Å²) < 4.78 is 5.44. The van der Waals surface area contributed by atoms with Crippen LogP contribution in [0.1, 0.15) is 12.8 Å². The lowest BCUT2D eigenvalue weighted by atomic mass is 10.2. The van der Waals surface area contributed by atoms with Gasteiger partial charge < -0.3 is 15.8 Å².